The van der Waals surface area contributed by atoms with E-state index in [1.807, 2.05) is 67.8 Å². The zero-order valence-corrected chi connectivity index (χ0v) is 38.0. The van der Waals surface area contributed by atoms with Crippen LogP contribution in [0.15, 0.2) is 152 Å². The van der Waals surface area contributed by atoms with Gasteiger partial charge >= 0.3 is 27.1 Å². The van der Waals surface area contributed by atoms with E-state index < -0.39 is 78.6 Å². The van der Waals surface area contributed by atoms with Crippen molar-refractivity contribution in [1.29, 1.82) is 0 Å². The molecule has 0 bridgehead atoms. The van der Waals surface area contributed by atoms with E-state index in [0.717, 1.165) is 22.0 Å². The van der Waals surface area contributed by atoms with Crippen LogP contribution in [-0.4, -0.2) is 20.5 Å². The van der Waals surface area contributed by atoms with Crippen LogP contribution in [-0.2, 0) is 31.9 Å². The molecule has 64 heavy (non-hydrogen) atoms. The molecule has 0 saturated carbocycles. The van der Waals surface area contributed by atoms with Gasteiger partial charge in [0.15, 0.2) is 0 Å². The molecule has 4 heterocycles. The van der Waals surface area contributed by atoms with Gasteiger partial charge in [-0.3, -0.25) is 0 Å². The molecular weight excluding hydrogens is 966 g/mol. The second-order valence-corrected chi connectivity index (χ2v) is 17.4. The fourth-order valence-electron chi connectivity index (χ4n) is 7.78. The monoisotopic (exact) mass is 1030 g/mol. The van der Waals surface area contributed by atoms with Crippen LogP contribution in [0, 0.1) is 25.8 Å². The quantitative estimate of drug-likeness (QED) is 0.118. The molecule has 6 nitrogen and oxygen atoms in total. The fourth-order valence-corrected chi connectivity index (χ4v) is 7.78. The molecule has 0 saturated heterocycles. The number of aromatic nitrogens is 3. The van der Waals surface area contributed by atoms with Crippen LogP contribution in [0.2, 0.25) is 0 Å². The van der Waals surface area contributed by atoms with Crippen molar-refractivity contribution in [2.45, 2.75) is 66.1 Å². The molecule has 0 amide bonds. The van der Waals surface area contributed by atoms with E-state index in [0.29, 0.717) is 33.9 Å². The van der Waals surface area contributed by atoms with Gasteiger partial charge in [0.2, 0.25) is 5.69 Å². The number of pyridine rings is 2. The Labute approximate surface area is 409 Å². The summed E-state index contributed by atoms with van der Waals surface area (Å²) >= 11 is 0. The largest absolute Gasteiger partial charge is 2.00 e. The van der Waals surface area contributed by atoms with Gasteiger partial charge in [-0.25, -0.2) is 4.98 Å². The van der Waals surface area contributed by atoms with Gasteiger partial charge < -0.3 is 14.3 Å². The van der Waals surface area contributed by atoms with Crippen molar-refractivity contribution >= 4 is 50.7 Å². The smallest absolute Gasteiger partial charge is 0.507 e. The zero-order chi connectivity index (χ0) is 55.6. The van der Waals surface area contributed by atoms with Gasteiger partial charge in [-0.15, -0.1) is 17.7 Å². The Balaban J connectivity index is 0.00000740. The van der Waals surface area contributed by atoms with E-state index in [1.54, 1.807) is 41.2 Å². The molecule has 10 rings (SSSR count). The van der Waals surface area contributed by atoms with E-state index in [9.17, 15) is 5.48 Å². The van der Waals surface area contributed by atoms with Crippen LogP contribution < -0.4 is 13.9 Å². The van der Waals surface area contributed by atoms with Crippen molar-refractivity contribution < 1.29 is 45.0 Å². The summed E-state index contributed by atoms with van der Waals surface area (Å²) in [4.78, 5) is 9.70. The Bertz CT molecular complexity index is 3890. The molecule has 7 heteroatoms. The van der Waals surface area contributed by atoms with Crippen LogP contribution in [0.25, 0.3) is 50.0 Å². The number of hydrogen-bond acceptors (Lipinski definition) is 3. The van der Waals surface area contributed by atoms with E-state index in [1.165, 1.54) is 22.8 Å². The number of rotatable bonds is 7. The third-order valence-electron chi connectivity index (χ3n) is 11.0. The van der Waals surface area contributed by atoms with Gasteiger partial charge in [0.25, 0.3) is 11.4 Å². The number of ether oxygens (including phenoxy) is 1. The summed E-state index contributed by atoms with van der Waals surface area (Å²) in [5.41, 5.74) is 2.61. The van der Waals surface area contributed by atoms with Gasteiger partial charge in [-0.05, 0) is 98.7 Å². The third kappa shape index (κ3) is 7.83. The number of hydrogen-bond donors (Lipinski definition) is 0. The second-order valence-electron chi connectivity index (χ2n) is 17.4. The van der Waals surface area contributed by atoms with Crippen molar-refractivity contribution in [2.75, 3.05) is 0 Å². The maximum atomic E-state index is 9.24. The summed E-state index contributed by atoms with van der Waals surface area (Å²) in [6.45, 7) is 6.51. The summed E-state index contributed by atoms with van der Waals surface area (Å²) in [7, 11) is 0. The molecule has 9 aromatic rings. The summed E-state index contributed by atoms with van der Waals surface area (Å²) < 4.78 is 133. The van der Waals surface area contributed by atoms with Crippen LogP contribution in [0.5, 0.6) is 11.5 Å². The van der Waals surface area contributed by atoms with E-state index in [2.05, 4.69) is 45.0 Å². The first kappa shape index (κ1) is 28.9. The Morgan fingerprint density at radius 3 is 1.92 bits per heavy atom. The molecule has 0 fully saturated rings. The van der Waals surface area contributed by atoms with Crippen LogP contribution >= 0.6 is 0 Å². The number of nitrogens with zero attached hydrogens (tertiary/aromatic N) is 5. The maximum absolute atomic E-state index is 9.24. The summed E-state index contributed by atoms with van der Waals surface area (Å²) in [5, 5.41) is 0.904. The summed E-state index contributed by atoms with van der Waals surface area (Å²) in [6.07, 6.45) is 3.40. The second kappa shape index (κ2) is 16.4. The average molecular weight is 1030 g/mol. The van der Waals surface area contributed by atoms with Gasteiger partial charge in [-0.1, -0.05) is 154 Å². The molecule has 0 aliphatic carbocycles. The molecule has 1 aliphatic heterocycles. The Hall–Kier alpha value is -6.71. The third-order valence-corrected chi connectivity index (χ3v) is 11.0. The van der Waals surface area contributed by atoms with Gasteiger partial charge in [-0.2, -0.15) is 0 Å². The fraction of sp³-hybridized carbons (Fsp3) is 0.175. The standard InChI is InChI=1S/C57H49N5O.Pt/c1-37-20-24-39(25-21-37)46-15-13-16-47(40-26-22-38(2)23-27-40)55(46)61-36-60(50-18-11-12-19-51(50)61)43-30-42(57(6,7)8)31-44(33-43)63-45-34-52-54(59-35-45)48-14-9-10-17-49(48)62(52)53-32-41(28-29-58-53)56(3,4)5;/h9-32,35H,1-8H3;/q;+2/i1D3,2D3,20D,21D,22D,23D,24D,25D,26D,27D;. The van der Waals surface area contributed by atoms with Crippen molar-refractivity contribution in [1.82, 2.24) is 23.7 Å². The number of para-hydroxylation sites is 4. The molecule has 3 aromatic heterocycles. The van der Waals surface area contributed by atoms with Gasteiger partial charge in [0.1, 0.15) is 11.5 Å². The molecule has 0 spiro atoms. The van der Waals surface area contributed by atoms with Crippen molar-refractivity contribution in [2.24, 2.45) is 0 Å². The number of benzene rings is 6. The minimum Gasteiger partial charge on any atom is -0.507 e. The summed E-state index contributed by atoms with van der Waals surface area (Å²) in [6, 6.07) is 31.6. The number of fused-ring (bicyclic) bond motifs is 4. The first-order valence-corrected chi connectivity index (χ1v) is 20.4. The summed E-state index contributed by atoms with van der Waals surface area (Å²) in [5.74, 6) is 1.26. The Morgan fingerprint density at radius 1 is 0.656 bits per heavy atom. The van der Waals surface area contributed by atoms with Gasteiger partial charge in [0.05, 0.1) is 22.1 Å². The van der Waals surface area contributed by atoms with Crippen LogP contribution in [0.3, 0.4) is 0 Å². The van der Waals surface area contributed by atoms with Crippen molar-refractivity contribution in [3.8, 4) is 39.6 Å². The van der Waals surface area contributed by atoms with Crippen molar-refractivity contribution in [3.63, 3.8) is 0 Å². The normalized spacial score (nSPS) is 16.0. The molecule has 0 radical (unpaired) electrons. The first-order chi connectivity index (χ1) is 36.1. The van der Waals surface area contributed by atoms with Crippen molar-refractivity contribution in [3.05, 3.63) is 186 Å². The topological polar surface area (TPSA) is 46.0 Å². The molecule has 0 N–H and O–H groups in total. The zero-order valence-electron chi connectivity index (χ0n) is 49.8. The minimum atomic E-state index is -3.02. The molecule has 0 atom stereocenters. The molecule has 0 unspecified atom stereocenters. The maximum Gasteiger partial charge on any atom is 2.00 e. The SMILES string of the molecule is [2H]c1c([2H])c(C([2H])([2H])[2H])c([2H])c([2H])c1-c1cccc(-c2c([2H])c([2H])c(C([2H])([2H])[2H])c([2H])c2[2H])c1[N+]1=C=[N+](c2[c-]c(Oc3[c-]c4c(nc3)c3ccccc3n4-c3cc(C(C)(C)C)ccn3)cc(C(C)(C)C)c2)c2ccccc21.[Pt+2]. The molecular formula is C57H49N5OPt+2. The molecule has 6 aromatic carbocycles. The first-order valence-electron chi connectivity index (χ1n) is 27.4. The predicted octanol–water partition coefficient (Wildman–Crippen LogP) is 14.4. The molecule has 316 valence electrons. The van der Waals surface area contributed by atoms with E-state index in [-0.39, 0.29) is 65.9 Å². The Kier molecular flexibility index (Phi) is 7.42. The van der Waals surface area contributed by atoms with E-state index >= 15 is 0 Å². The van der Waals surface area contributed by atoms with Crippen LogP contribution in [0.1, 0.15) is 83.0 Å². The van der Waals surface area contributed by atoms with E-state index in [4.69, 9.17) is 28.4 Å². The average Bonchev–Trinajstić information content (AvgIpc) is 3.90. The minimum absolute atomic E-state index is 0. The predicted molar refractivity (Wildman–Crippen MR) is 259 cm³/mol. The Morgan fingerprint density at radius 2 is 1.28 bits per heavy atom. The molecule has 1 aliphatic rings. The van der Waals surface area contributed by atoms with Crippen LogP contribution in [0.4, 0.5) is 22.7 Å². The van der Waals surface area contributed by atoms with Gasteiger partial charge in [0, 0.05) is 43.6 Å².